The van der Waals surface area contributed by atoms with Crippen molar-refractivity contribution in [3.05, 3.63) is 89.4 Å². The summed E-state index contributed by atoms with van der Waals surface area (Å²) in [6.45, 7) is 4.55. The number of alkyl halides is 2. The fourth-order valence-corrected chi connectivity index (χ4v) is 4.28. The molecule has 1 N–H and O–H groups in total. The lowest BCUT2D eigenvalue weighted by Gasteiger charge is -2.17. The molecule has 1 aromatic carbocycles. The second-order valence-electron chi connectivity index (χ2n) is 8.79. The Labute approximate surface area is 197 Å². The van der Waals surface area contributed by atoms with Crippen LogP contribution in [0.15, 0.2) is 67.0 Å². The maximum Gasteiger partial charge on any atom is 0.290 e. The molecule has 0 saturated heterocycles. The Balaban J connectivity index is 1.46. The van der Waals surface area contributed by atoms with Gasteiger partial charge in [0.1, 0.15) is 11.5 Å². The molecule has 0 atom stereocenters. The van der Waals surface area contributed by atoms with Crippen LogP contribution in [0.25, 0.3) is 22.8 Å². The summed E-state index contributed by atoms with van der Waals surface area (Å²) in [6, 6.07) is 17.3. The first-order valence-corrected chi connectivity index (χ1v) is 11.4. The van der Waals surface area contributed by atoms with Crippen LogP contribution in [0.5, 0.6) is 0 Å². The number of nitrogens with one attached hydrogen (secondary N) is 1. The van der Waals surface area contributed by atoms with Gasteiger partial charge < -0.3 is 5.32 Å². The van der Waals surface area contributed by atoms with Crippen LogP contribution in [-0.4, -0.2) is 19.9 Å². The van der Waals surface area contributed by atoms with Crippen LogP contribution in [0.1, 0.15) is 48.6 Å². The van der Waals surface area contributed by atoms with Crippen LogP contribution in [0, 0.1) is 0 Å². The van der Waals surface area contributed by atoms with Gasteiger partial charge in [-0.2, -0.15) is 8.78 Å². The van der Waals surface area contributed by atoms with E-state index in [4.69, 9.17) is 4.98 Å². The highest BCUT2D eigenvalue weighted by Crippen LogP contribution is 2.44. The average Bonchev–Trinajstić information content (AvgIpc) is 3.18. The summed E-state index contributed by atoms with van der Waals surface area (Å²) in [5.74, 6) is -1.95. The number of benzene rings is 1. The minimum Gasteiger partial charge on any atom is -0.366 e. The number of fused-ring (bicyclic) bond motifs is 1. The van der Waals surface area contributed by atoms with Gasteiger partial charge in [-0.15, -0.1) is 0 Å². The molecular weight excluding hydrogens is 432 g/mol. The van der Waals surface area contributed by atoms with E-state index >= 15 is 0 Å². The highest BCUT2D eigenvalue weighted by atomic mass is 19.3. The molecule has 5 nitrogen and oxygen atoms in total. The Morgan fingerprint density at radius 1 is 0.941 bits per heavy atom. The van der Waals surface area contributed by atoms with Crippen molar-refractivity contribution < 1.29 is 8.78 Å². The van der Waals surface area contributed by atoms with Crippen molar-refractivity contribution in [1.29, 1.82) is 0 Å². The largest absolute Gasteiger partial charge is 0.366 e. The summed E-state index contributed by atoms with van der Waals surface area (Å²) in [5, 5.41) is 3.28. The van der Waals surface area contributed by atoms with E-state index in [1.165, 1.54) is 0 Å². The van der Waals surface area contributed by atoms with Gasteiger partial charge in [0, 0.05) is 36.5 Å². The van der Waals surface area contributed by atoms with E-state index in [2.05, 4.69) is 34.1 Å². The third-order valence-electron chi connectivity index (χ3n) is 6.08. The molecule has 0 aliphatic heterocycles. The minimum absolute atomic E-state index is 0.165. The van der Waals surface area contributed by atoms with E-state index in [0.29, 0.717) is 23.8 Å². The summed E-state index contributed by atoms with van der Waals surface area (Å²) in [4.78, 5) is 17.9. The van der Waals surface area contributed by atoms with Crippen molar-refractivity contribution in [3.8, 4) is 22.8 Å². The Morgan fingerprint density at radius 3 is 2.47 bits per heavy atom. The number of hydrogen-bond acceptors (Lipinski definition) is 5. The maximum atomic E-state index is 14.7. The number of hydrogen-bond donors (Lipinski definition) is 1. The van der Waals surface area contributed by atoms with Crippen LogP contribution in [0.3, 0.4) is 0 Å². The predicted octanol–water partition coefficient (Wildman–Crippen LogP) is 6.37. The molecule has 0 radical (unpaired) electrons. The van der Waals surface area contributed by atoms with Crippen molar-refractivity contribution in [2.75, 3.05) is 5.32 Å². The van der Waals surface area contributed by atoms with Crippen LogP contribution in [0.4, 0.5) is 14.6 Å². The number of nitrogens with zero attached hydrogens (tertiary/aromatic N) is 4. The van der Waals surface area contributed by atoms with Gasteiger partial charge in [0.05, 0.1) is 11.4 Å². The second-order valence-corrected chi connectivity index (χ2v) is 8.79. The number of anilines is 1. The van der Waals surface area contributed by atoms with E-state index in [1.807, 2.05) is 54.6 Å². The molecule has 0 fully saturated rings. The molecule has 1 aliphatic carbocycles. The molecule has 5 rings (SSSR count). The molecule has 0 unspecified atom stereocenters. The topological polar surface area (TPSA) is 63.6 Å². The lowest BCUT2D eigenvalue weighted by molar-refractivity contribution is -0.00589. The molecule has 0 amide bonds. The second kappa shape index (κ2) is 8.89. The van der Waals surface area contributed by atoms with Crippen molar-refractivity contribution in [2.45, 2.75) is 45.1 Å². The fraction of sp³-hybridized carbons (Fsp3) is 0.259. The zero-order valence-electron chi connectivity index (χ0n) is 19.1. The smallest absolute Gasteiger partial charge is 0.290 e. The first-order chi connectivity index (χ1) is 16.4. The Bertz CT molecular complexity index is 1300. The molecule has 0 spiro atoms. The van der Waals surface area contributed by atoms with Gasteiger partial charge in [-0.25, -0.2) is 9.97 Å². The highest BCUT2D eigenvalue weighted by Gasteiger charge is 2.43. The standard InChI is InChI=1S/C27H25F2N5/c1-17(2)19-7-3-4-8-20(19)26-33-24-21(12-13-27(24,28)29)25(34-26)32-16-18-10-11-23(31-15-18)22-9-5-6-14-30-22/h3-11,14-15,17H,12-13,16H2,1-2H3,(H,32,33,34). The lowest BCUT2D eigenvalue weighted by Crippen LogP contribution is -2.14. The third-order valence-corrected chi connectivity index (χ3v) is 6.08. The first kappa shape index (κ1) is 22.1. The van der Waals surface area contributed by atoms with E-state index in [1.54, 1.807) is 12.4 Å². The van der Waals surface area contributed by atoms with Crippen LogP contribution in [0.2, 0.25) is 0 Å². The number of pyridine rings is 2. The van der Waals surface area contributed by atoms with Crippen molar-refractivity contribution in [2.24, 2.45) is 0 Å². The predicted molar refractivity (Wildman–Crippen MR) is 129 cm³/mol. The highest BCUT2D eigenvalue weighted by molar-refractivity contribution is 5.65. The van der Waals surface area contributed by atoms with E-state index in [9.17, 15) is 8.78 Å². The van der Waals surface area contributed by atoms with Crippen molar-refractivity contribution in [3.63, 3.8) is 0 Å². The van der Waals surface area contributed by atoms with Crippen LogP contribution < -0.4 is 5.32 Å². The van der Waals surface area contributed by atoms with Crippen LogP contribution >= 0.6 is 0 Å². The van der Waals surface area contributed by atoms with Gasteiger partial charge in [-0.3, -0.25) is 9.97 Å². The quantitative estimate of drug-likeness (QED) is 0.364. The zero-order valence-corrected chi connectivity index (χ0v) is 19.1. The number of aromatic nitrogens is 4. The molecule has 1 aliphatic rings. The van der Waals surface area contributed by atoms with Crippen molar-refractivity contribution >= 4 is 5.82 Å². The molecule has 34 heavy (non-hydrogen) atoms. The Kier molecular flexibility index (Phi) is 5.77. The van der Waals surface area contributed by atoms with Gasteiger partial charge in [0.25, 0.3) is 5.92 Å². The molecule has 0 saturated carbocycles. The average molecular weight is 458 g/mol. The molecule has 172 valence electrons. The lowest BCUT2D eigenvalue weighted by atomic mass is 9.96. The number of halogens is 2. The van der Waals surface area contributed by atoms with Gasteiger partial charge in [-0.1, -0.05) is 50.2 Å². The molecule has 4 aromatic rings. The summed E-state index contributed by atoms with van der Waals surface area (Å²) in [7, 11) is 0. The third kappa shape index (κ3) is 4.25. The van der Waals surface area contributed by atoms with Gasteiger partial charge in [0.15, 0.2) is 5.82 Å². The first-order valence-electron chi connectivity index (χ1n) is 11.4. The number of rotatable bonds is 6. The van der Waals surface area contributed by atoms with E-state index < -0.39 is 5.92 Å². The zero-order chi connectivity index (χ0) is 23.7. The van der Waals surface area contributed by atoms with Crippen LogP contribution in [-0.2, 0) is 18.9 Å². The maximum absolute atomic E-state index is 14.7. The van der Waals surface area contributed by atoms with E-state index in [0.717, 1.165) is 28.1 Å². The Hall–Kier alpha value is -3.74. The Morgan fingerprint density at radius 2 is 1.74 bits per heavy atom. The molecule has 3 aromatic heterocycles. The molecular formula is C27H25F2N5. The van der Waals surface area contributed by atoms with E-state index in [-0.39, 0.29) is 24.5 Å². The SMILES string of the molecule is CC(C)c1ccccc1-c1nc(NCc2ccc(-c3ccccn3)nc2)c2c(n1)C(F)(F)CC2. The fourth-order valence-electron chi connectivity index (χ4n) is 4.28. The van der Waals surface area contributed by atoms with Crippen molar-refractivity contribution in [1.82, 2.24) is 19.9 Å². The summed E-state index contributed by atoms with van der Waals surface area (Å²) < 4.78 is 29.4. The summed E-state index contributed by atoms with van der Waals surface area (Å²) in [5.41, 5.74) is 4.64. The van der Waals surface area contributed by atoms with Gasteiger partial charge in [-0.05, 0) is 41.7 Å². The van der Waals surface area contributed by atoms with Gasteiger partial charge >= 0.3 is 0 Å². The molecule has 0 bridgehead atoms. The summed E-state index contributed by atoms with van der Waals surface area (Å²) in [6.07, 6.45) is 3.49. The monoisotopic (exact) mass is 457 g/mol. The summed E-state index contributed by atoms with van der Waals surface area (Å²) >= 11 is 0. The van der Waals surface area contributed by atoms with Gasteiger partial charge in [0.2, 0.25) is 0 Å². The minimum atomic E-state index is -2.96. The molecule has 7 heteroatoms. The normalized spacial score (nSPS) is 14.3. The molecule has 3 heterocycles.